The van der Waals surface area contributed by atoms with Gasteiger partial charge in [0.1, 0.15) is 42.5 Å². The standard InChI is InChI=1S/C21H29N7O4/c1-27(9-7-23-8-10-31-14-5-3-2-4-6-14)11-15-17(29)18(30)21(32-15)28-13-26-16-19(22)24-12-25-20(16)28/h2-6,12-13,15,17-18,21,23,29-30H,7-11H2,1H3,(H2,22,24,25)/t15-,17-,18-,21-/m1/s1. The first-order valence-electron chi connectivity index (χ1n) is 10.6. The second kappa shape index (κ2) is 10.2. The van der Waals surface area contributed by atoms with Gasteiger partial charge < -0.3 is 35.6 Å². The van der Waals surface area contributed by atoms with E-state index in [2.05, 4.69) is 20.3 Å². The van der Waals surface area contributed by atoms with Gasteiger partial charge in [0.15, 0.2) is 17.7 Å². The molecule has 4 rings (SSSR count). The Kier molecular flexibility index (Phi) is 7.12. The molecule has 1 aliphatic heterocycles. The molecule has 0 aliphatic carbocycles. The molecule has 0 spiro atoms. The van der Waals surface area contributed by atoms with E-state index in [1.54, 1.807) is 4.57 Å². The van der Waals surface area contributed by atoms with Crippen molar-refractivity contribution in [3.8, 4) is 5.75 Å². The molecule has 1 aliphatic rings. The molecule has 0 saturated carbocycles. The molecule has 5 N–H and O–H groups in total. The van der Waals surface area contributed by atoms with Gasteiger partial charge in [0.05, 0.1) is 6.33 Å². The van der Waals surface area contributed by atoms with E-state index in [9.17, 15) is 10.2 Å². The molecular weight excluding hydrogens is 414 g/mol. The Bertz CT molecular complexity index is 1000. The molecule has 3 aromatic rings. The highest BCUT2D eigenvalue weighted by atomic mass is 16.6. The van der Waals surface area contributed by atoms with Crippen LogP contribution in [0.25, 0.3) is 11.2 Å². The molecule has 0 unspecified atom stereocenters. The fourth-order valence-electron chi connectivity index (χ4n) is 3.72. The zero-order valence-corrected chi connectivity index (χ0v) is 17.9. The van der Waals surface area contributed by atoms with Gasteiger partial charge in [-0.25, -0.2) is 15.0 Å². The number of nitrogens with zero attached hydrogens (tertiary/aromatic N) is 5. The molecule has 0 radical (unpaired) electrons. The molecule has 0 bridgehead atoms. The van der Waals surface area contributed by atoms with Crippen molar-refractivity contribution in [1.29, 1.82) is 0 Å². The van der Waals surface area contributed by atoms with Crippen LogP contribution in [0.15, 0.2) is 43.0 Å². The van der Waals surface area contributed by atoms with Crippen LogP contribution in [0.4, 0.5) is 5.82 Å². The van der Waals surface area contributed by atoms with E-state index in [-0.39, 0.29) is 5.82 Å². The number of imidazole rings is 1. The van der Waals surface area contributed by atoms with Crippen molar-refractivity contribution >= 4 is 17.0 Å². The number of likely N-dealkylation sites (N-methyl/N-ethyl adjacent to an activating group) is 1. The summed E-state index contributed by atoms with van der Waals surface area (Å²) in [6.45, 7) is 3.27. The second-order valence-corrected chi connectivity index (χ2v) is 7.80. The first-order valence-corrected chi connectivity index (χ1v) is 10.6. The largest absolute Gasteiger partial charge is 0.492 e. The fraction of sp³-hybridized carbons (Fsp3) is 0.476. The lowest BCUT2D eigenvalue weighted by Gasteiger charge is -2.23. The minimum atomic E-state index is -1.12. The number of hydrogen-bond acceptors (Lipinski definition) is 10. The van der Waals surface area contributed by atoms with Crippen molar-refractivity contribution in [2.45, 2.75) is 24.5 Å². The van der Waals surface area contributed by atoms with Crippen LogP contribution in [-0.4, -0.2) is 92.8 Å². The highest BCUT2D eigenvalue weighted by molar-refractivity contribution is 5.81. The summed E-state index contributed by atoms with van der Waals surface area (Å²) in [6.07, 6.45) is -0.698. The monoisotopic (exact) mass is 443 g/mol. The average molecular weight is 444 g/mol. The maximum Gasteiger partial charge on any atom is 0.167 e. The molecule has 1 fully saturated rings. The molecule has 1 saturated heterocycles. The number of nitrogens with two attached hydrogens (primary N) is 1. The van der Waals surface area contributed by atoms with Gasteiger partial charge in [0, 0.05) is 26.2 Å². The number of anilines is 1. The molecule has 11 nitrogen and oxygen atoms in total. The van der Waals surface area contributed by atoms with Crippen LogP contribution in [0.2, 0.25) is 0 Å². The predicted molar refractivity (Wildman–Crippen MR) is 118 cm³/mol. The third-order valence-corrected chi connectivity index (χ3v) is 5.45. The number of ether oxygens (including phenoxy) is 2. The van der Waals surface area contributed by atoms with E-state index in [0.717, 1.165) is 25.4 Å². The van der Waals surface area contributed by atoms with Crippen LogP contribution < -0.4 is 15.8 Å². The Hall–Kier alpha value is -2.83. The number of aromatic nitrogens is 4. The van der Waals surface area contributed by atoms with Crippen molar-refractivity contribution in [3.05, 3.63) is 43.0 Å². The number of nitrogen functional groups attached to an aromatic ring is 1. The SMILES string of the molecule is CN(CCNCCOc1ccccc1)C[C@H]1O[C@@H](n2cnc3c(N)ncnc32)[C@H](O)[C@@H]1O. The summed E-state index contributed by atoms with van der Waals surface area (Å²) in [7, 11) is 1.94. The third kappa shape index (κ3) is 4.97. The summed E-state index contributed by atoms with van der Waals surface area (Å²) in [5.74, 6) is 1.10. The Morgan fingerprint density at radius 3 is 2.78 bits per heavy atom. The summed E-state index contributed by atoms with van der Waals surface area (Å²) in [5, 5.41) is 24.4. The Labute approximate surface area is 185 Å². The maximum absolute atomic E-state index is 10.6. The zero-order chi connectivity index (χ0) is 22.5. The van der Waals surface area contributed by atoms with E-state index in [4.69, 9.17) is 15.2 Å². The van der Waals surface area contributed by atoms with Crippen LogP contribution in [0.1, 0.15) is 6.23 Å². The molecule has 11 heteroatoms. The fourth-order valence-corrected chi connectivity index (χ4v) is 3.72. The average Bonchev–Trinajstić information content (AvgIpc) is 3.34. The second-order valence-electron chi connectivity index (χ2n) is 7.80. The number of benzene rings is 1. The Morgan fingerprint density at radius 1 is 1.16 bits per heavy atom. The third-order valence-electron chi connectivity index (χ3n) is 5.45. The molecule has 2 aromatic heterocycles. The van der Waals surface area contributed by atoms with Gasteiger partial charge in [-0.1, -0.05) is 18.2 Å². The van der Waals surface area contributed by atoms with Gasteiger partial charge in [-0.3, -0.25) is 4.57 Å². The Balaban J connectivity index is 1.23. The van der Waals surface area contributed by atoms with Crippen LogP contribution in [0.5, 0.6) is 5.75 Å². The van der Waals surface area contributed by atoms with Crippen LogP contribution in [-0.2, 0) is 4.74 Å². The molecule has 172 valence electrons. The normalized spacial score (nSPS) is 23.2. The minimum Gasteiger partial charge on any atom is -0.492 e. The number of rotatable bonds is 10. The van der Waals surface area contributed by atoms with Crippen LogP contribution >= 0.6 is 0 Å². The van der Waals surface area contributed by atoms with Crippen molar-refractivity contribution in [1.82, 2.24) is 29.7 Å². The smallest absolute Gasteiger partial charge is 0.167 e. The van der Waals surface area contributed by atoms with Crippen LogP contribution in [0, 0.1) is 0 Å². The van der Waals surface area contributed by atoms with Gasteiger partial charge in [-0.2, -0.15) is 0 Å². The molecule has 0 amide bonds. The van der Waals surface area contributed by atoms with Crippen LogP contribution in [0.3, 0.4) is 0 Å². The van der Waals surface area contributed by atoms with Gasteiger partial charge >= 0.3 is 0 Å². The Morgan fingerprint density at radius 2 is 1.97 bits per heavy atom. The van der Waals surface area contributed by atoms with E-state index in [0.29, 0.717) is 24.3 Å². The number of nitrogens with one attached hydrogen (secondary N) is 1. The van der Waals surface area contributed by atoms with Crippen molar-refractivity contribution in [2.75, 3.05) is 45.6 Å². The minimum absolute atomic E-state index is 0.250. The number of hydrogen-bond donors (Lipinski definition) is 4. The lowest BCUT2D eigenvalue weighted by atomic mass is 10.1. The van der Waals surface area contributed by atoms with Crippen molar-refractivity contribution in [3.63, 3.8) is 0 Å². The summed E-state index contributed by atoms with van der Waals surface area (Å²) in [4.78, 5) is 14.3. The number of aliphatic hydroxyl groups is 2. The van der Waals surface area contributed by atoms with Gasteiger partial charge in [-0.15, -0.1) is 0 Å². The van der Waals surface area contributed by atoms with E-state index >= 15 is 0 Å². The first kappa shape index (κ1) is 22.4. The summed E-state index contributed by atoms with van der Waals surface area (Å²) in [5.41, 5.74) is 6.71. The lowest BCUT2D eigenvalue weighted by Crippen LogP contribution is -2.41. The number of aliphatic hydroxyl groups excluding tert-OH is 2. The quantitative estimate of drug-likeness (QED) is 0.306. The highest BCUT2D eigenvalue weighted by Crippen LogP contribution is 2.32. The van der Waals surface area contributed by atoms with Crippen molar-refractivity contribution in [2.24, 2.45) is 0 Å². The van der Waals surface area contributed by atoms with E-state index < -0.39 is 24.5 Å². The highest BCUT2D eigenvalue weighted by Gasteiger charge is 2.44. The molecule has 4 atom stereocenters. The maximum atomic E-state index is 10.6. The lowest BCUT2D eigenvalue weighted by molar-refractivity contribution is -0.0420. The molecular formula is C21H29N7O4. The van der Waals surface area contributed by atoms with Gasteiger partial charge in [-0.05, 0) is 19.2 Å². The predicted octanol–water partition coefficient (Wildman–Crippen LogP) is -0.372. The van der Waals surface area contributed by atoms with E-state index in [1.165, 1.54) is 12.7 Å². The zero-order valence-electron chi connectivity index (χ0n) is 17.9. The topological polar surface area (TPSA) is 144 Å². The summed E-state index contributed by atoms with van der Waals surface area (Å²) >= 11 is 0. The number of fused-ring (bicyclic) bond motifs is 1. The van der Waals surface area contributed by atoms with Crippen molar-refractivity contribution < 1.29 is 19.7 Å². The number of para-hydroxylation sites is 1. The van der Waals surface area contributed by atoms with Gasteiger partial charge in [0.25, 0.3) is 0 Å². The molecule has 32 heavy (non-hydrogen) atoms. The summed E-state index contributed by atoms with van der Waals surface area (Å²) in [6, 6.07) is 9.69. The first-order chi connectivity index (χ1) is 15.5. The van der Waals surface area contributed by atoms with E-state index in [1.807, 2.05) is 42.3 Å². The summed E-state index contributed by atoms with van der Waals surface area (Å²) < 4.78 is 13.2. The molecule has 3 heterocycles. The molecule has 1 aromatic carbocycles. The van der Waals surface area contributed by atoms with Gasteiger partial charge in [0.2, 0.25) is 0 Å².